The number of para-hydroxylation sites is 1. The molecule has 0 atom stereocenters. The Morgan fingerprint density at radius 3 is 2.90 bits per heavy atom. The lowest BCUT2D eigenvalue weighted by atomic mass is 10.2. The van der Waals surface area contributed by atoms with Gasteiger partial charge in [-0.15, -0.1) is 5.10 Å². The van der Waals surface area contributed by atoms with Crippen molar-refractivity contribution in [2.45, 2.75) is 10.9 Å². The Morgan fingerprint density at radius 2 is 2.10 bits per heavy atom. The maximum absolute atomic E-state index is 5.34. The van der Waals surface area contributed by atoms with Gasteiger partial charge in [0, 0.05) is 18.1 Å². The molecule has 0 fully saturated rings. The number of ether oxygens (including phenoxy) is 1. The van der Waals surface area contributed by atoms with Crippen molar-refractivity contribution in [3.05, 3.63) is 54.4 Å². The molecule has 1 aromatic carbocycles. The van der Waals surface area contributed by atoms with E-state index in [1.54, 1.807) is 25.1 Å². The molecular formula is C15H14N4OS. The highest BCUT2D eigenvalue weighted by atomic mass is 32.2. The van der Waals surface area contributed by atoms with Gasteiger partial charge in [0.2, 0.25) is 5.16 Å². The van der Waals surface area contributed by atoms with Gasteiger partial charge in [-0.05, 0) is 23.8 Å². The van der Waals surface area contributed by atoms with Crippen molar-refractivity contribution in [1.29, 1.82) is 0 Å². The number of nitrogens with one attached hydrogen (secondary N) is 1. The Hall–Kier alpha value is -2.34. The average Bonchev–Trinajstić information content (AvgIpc) is 3.02. The molecule has 6 heteroatoms. The number of hydrogen-bond donors (Lipinski definition) is 1. The van der Waals surface area contributed by atoms with Gasteiger partial charge in [0.25, 0.3) is 0 Å². The molecule has 0 bridgehead atoms. The summed E-state index contributed by atoms with van der Waals surface area (Å²) >= 11 is 1.57. The van der Waals surface area contributed by atoms with Gasteiger partial charge in [0.15, 0.2) is 5.82 Å². The summed E-state index contributed by atoms with van der Waals surface area (Å²) in [7, 11) is 1.65. The molecular weight excluding hydrogens is 284 g/mol. The van der Waals surface area contributed by atoms with Crippen molar-refractivity contribution >= 4 is 11.8 Å². The second-order valence-electron chi connectivity index (χ2n) is 4.32. The first-order valence-corrected chi connectivity index (χ1v) is 7.43. The lowest BCUT2D eigenvalue weighted by Crippen LogP contribution is -1.88. The minimum absolute atomic E-state index is 0.708. The fraction of sp³-hybridized carbons (Fsp3) is 0.133. The number of thioether (sulfide) groups is 1. The molecule has 21 heavy (non-hydrogen) atoms. The van der Waals surface area contributed by atoms with Gasteiger partial charge >= 0.3 is 0 Å². The van der Waals surface area contributed by atoms with Gasteiger partial charge in [0.05, 0.1) is 12.7 Å². The molecule has 0 radical (unpaired) electrons. The van der Waals surface area contributed by atoms with Crippen molar-refractivity contribution in [1.82, 2.24) is 20.2 Å². The van der Waals surface area contributed by atoms with Gasteiger partial charge in [-0.25, -0.2) is 4.98 Å². The number of aromatic amines is 1. The second-order valence-corrected chi connectivity index (χ2v) is 5.26. The third-order valence-corrected chi connectivity index (χ3v) is 3.84. The van der Waals surface area contributed by atoms with E-state index >= 15 is 0 Å². The molecule has 2 aromatic heterocycles. The van der Waals surface area contributed by atoms with E-state index in [1.807, 2.05) is 42.6 Å². The monoisotopic (exact) mass is 298 g/mol. The highest BCUT2D eigenvalue weighted by molar-refractivity contribution is 7.98. The fourth-order valence-electron chi connectivity index (χ4n) is 1.90. The van der Waals surface area contributed by atoms with E-state index in [9.17, 15) is 0 Å². The molecule has 0 aliphatic carbocycles. The molecule has 0 saturated heterocycles. The molecule has 0 spiro atoms. The molecule has 2 heterocycles. The van der Waals surface area contributed by atoms with E-state index in [4.69, 9.17) is 4.74 Å². The Balaban J connectivity index is 1.74. The molecule has 5 nitrogen and oxygen atoms in total. The Morgan fingerprint density at radius 1 is 1.19 bits per heavy atom. The van der Waals surface area contributed by atoms with Gasteiger partial charge in [-0.1, -0.05) is 30.0 Å². The van der Waals surface area contributed by atoms with E-state index < -0.39 is 0 Å². The highest BCUT2D eigenvalue weighted by Crippen LogP contribution is 2.28. The SMILES string of the molecule is COc1ccccc1-c1nc(SCc2cccnc2)n[nH]1. The van der Waals surface area contributed by atoms with Crippen LogP contribution in [0.4, 0.5) is 0 Å². The van der Waals surface area contributed by atoms with E-state index in [0.29, 0.717) is 11.0 Å². The highest BCUT2D eigenvalue weighted by Gasteiger charge is 2.10. The van der Waals surface area contributed by atoms with Gasteiger partial charge < -0.3 is 4.74 Å². The number of pyridine rings is 1. The van der Waals surface area contributed by atoms with Crippen LogP contribution in [-0.4, -0.2) is 27.3 Å². The topological polar surface area (TPSA) is 63.7 Å². The number of aromatic nitrogens is 4. The third kappa shape index (κ3) is 3.22. The third-order valence-electron chi connectivity index (χ3n) is 2.92. The van der Waals surface area contributed by atoms with Crippen LogP contribution in [0.3, 0.4) is 0 Å². The predicted molar refractivity (Wildman–Crippen MR) is 82.2 cm³/mol. The molecule has 0 amide bonds. The predicted octanol–water partition coefficient (Wildman–Crippen LogP) is 3.17. The van der Waals surface area contributed by atoms with Crippen molar-refractivity contribution in [2.24, 2.45) is 0 Å². The summed E-state index contributed by atoms with van der Waals surface area (Å²) in [6.07, 6.45) is 3.61. The fourth-order valence-corrected chi connectivity index (χ4v) is 2.64. The minimum Gasteiger partial charge on any atom is -0.496 e. The number of benzene rings is 1. The average molecular weight is 298 g/mol. The zero-order valence-electron chi connectivity index (χ0n) is 11.5. The van der Waals surface area contributed by atoms with Crippen LogP contribution in [0.1, 0.15) is 5.56 Å². The first kappa shape index (κ1) is 13.6. The summed E-state index contributed by atoms with van der Waals surface area (Å²) in [4.78, 5) is 8.59. The molecule has 0 unspecified atom stereocenters. The lowest BCUT2D eigenvalue weighted by Gasteiger charge is -2.04. The summed E-state index contributed by atoms with van der Waals surface area (Å²) in [5.74, 6) is 2.27. The zero-order valence-corrected chi connectivity index (χ0v) is 12.3. The Labute approximate surface area is 126 Å². The standard InChI is InChI=1S/C15H14N4OS/c1-20-13-7-3-2-6-12(13)14-17-15(19-18-14)21-10-11-5-4-8-16-9-11/h2-9H,10H2,1H3,(H,17,18,19). The van der Waals surface area contributed by atoms with Crippen LogP contribution in [0, 0.1) is 0 Å². The zero-order chi connectivity index (χ0) is 14.5. The van der Waals surface area contributed by atoms with Crippen molar-refractivity contribution in [2.75, 3.05) is 7.11 Å². The van der Waals surface area contributed by atoms with Crippen LogP contribution in [-0.2, 0) is 5.75 Å². The van der Waals surface area contributed by atoms with Crippen LogP contribution in [0.25, 0.3) is 11.4 Å². The molecule has 3 rings (SSSR count). The summed E-state index contributed by atoms with van der Waals surface area (Å²) in [5, 5.41) is 7.90. The number of methoxy groups -OCH3 is 1. The van der Waals surface area contributed by atoms with E-state index in [0.717, 1.165) is 22.6 Å². The summed E-state index contributed by atoms with van der Waals surface area (Å²) in [5.41, 5.74) is 2.05. The van der Waals surface area contributed by atoms with E-state index in [2.05, 4.69) is 20.2 Å². The van der Waals surface area contributed by atoms with Gasteiger partial charge in [-0.2, -0.15) is 0 Å². The number of rotatable bonds is 5. The number of nitrogens with zero attached hydrogens (tertiary/aromatic N) is 3. The van der Waals surface area contributed by atoms with E-state index in [1.165, 1.54) is 0 Å². The van der Waals surface area contributed by atoms with Crippen LogP contribution in [0.15, 0.2) is 53.9 Å². The smallest absolute Gasteiger partial charge is 0.209 e. The van der Waals surface area contributed by atoms with Crippen LogP contribution >= 0.6 is 11.8 Å². The Kier molecular flexibility index (Phi) is 4.16. The normalized spacial score (nSPS) is 10.5. The first-order chi connectivity index (χ1) is 10.4. The second kappa shape index (κ2) is 6.41. The molecule has 0 aliphatic heterocycles. The molecule has 1 N–H and O–H groups in total. The largest absolute Gasteiger partial charge is 0.496 e. The molecule has 0 saturated carbocycles. The van der Waals surface area contributed by atoms with Crippen molar-refractivity contribution in [3.8, 4) is 17.1 Å². The first-order valence-electron chi connectivity index (χ1n) is 6.44. The quantitative estimate of drug-likeness (QED) is 0.733. The maximum atomic E-state index is 5.34. The Bertz CT molecular complexity index is 714. The molecule has 106 valence electrons. The van der Waals surface area contributed by atoms with Gasteiger partial charge in [0.1, 0.15) is 5.75 Å². The van der Waals surface area contributed by atoms with Crippen LogP contribution in [0.2, 0.25) is 0 Å². The lowest BCUT2D eigenvalue weighted by molar-refractivity contribution is 0.416. The maximum Gasteiger partial charge on any atom is 0.209 e. The van der Waals surface area contributed by atoms with Crippen LogP contribution in [0.5, 0.6) is 5.75 Å². The number of hydrogen-bond acceptors (Lipinski definition) is 5. The summed E-state index contributed by atoms with van der Waals surface area (Å²) < 4.78 is 5.34. The van der Waals surface area contributed by atoms with Crippen molar-refractivity contribution < 1.29 is 4.74 Å². The summed E-state index contributed by atoms with van der Waals surface area (Å²) in [6.45, 7) is 0. The van der Waals surface area contributed by atoms with Crippen LogP contribution < -0.4 is 4.74 Å². The van der Waals surface area contributed by atoms with Crippen molar-refractivity contribution in [3.63, 3.8) is 0 Å². The van der Waals surface area contributed by atoms with E-state index in [-0.39, 0.29) is 0 Å². The minimum atomic E-state index is 0.708. The molecule has 0 aliphatic rings. The number of H-pyrrole nitrogens is 1. The summed E-state index contributed by atoms with van der Waals surface area (Å²) in [6, 6.07) is 11.7. The van der Waals surface area contributed by atoms with Gasteiger partial charge in [-0.3, -0.25) is 10.1 Å². The molecule has 3 aromatic rings.